The molecule has 0 aliphatic heterocycles. The molecule has 0 heterocycles. The van der Waals surface area contributed by atoms with Gasteiger partial charge in [-0.15, -0.1) is 0 Å². The first-order valence-electron chi connectivity index (χ1n) is 8.55. The predicted molar refractivity (Wildman–Crippen MR) is 113 cm³/mol. The number of benzene rings is 4. The highest BCUT2D eigenvalue weighted by molar-refractivity contribution is 5.76. The molecular weight excluding hydrogens is 316 g/mol. The van der Waals surface area contributed by atoms with Gasteiger partial charge in [-0.05, 0) is 23.3 Å². The van der Waals surface area contributed by atoms with E-state index in [1.165, 1.54) is 11.1 Å². The first-order valence-corrected chi connectivity index (χ1v) is 8.55. The normalized spacial score (nSPS) is 9.85. The number of hydrogen-bond donors (Lipinski definition) is 2. The molecule has 4 aromatic rings. The van der Waals surface area contributed by atoms with E-state index in [9.17, 15) is 0 Å². The first kappa shape index (κ1) is 17.3. The van der Waals surface area contributed by atoms with Crippen LogP contribution < -0.4 is 11.5 Å². The van der Waals surface area contributed by atoms with E-state index in [1.54, 1.807) is 0 Å². The molecule has 2 heteroatoms. The Morgan fingerprint density at radius 3 is 1.00 bits per heavy atom. The van der Waals surface area contributed by atoms with Crippen LogP contribution in [0.25, 0.3) is 22.3 Å². The summed E-state index contributed by atoms with van der Waals surface area (Å²) in [6.45, 7) is 0. The highest BCUT2D eigenvalue weighted by Gasteiger charge is 1.99. The second-order valence-corrected chi connectivity index (χ2v) is 5.91. The van der Waals surface area contributed by atoms with Gasteiger partial charge in [0.2, 0.25) is 0 Å². The van der Waals surface area contributed by atoms with Gasteiger partial charge in [-0.25, -0.2) is 0 Å². The molecule has 0 aromatic heterocycles. The molecule has 0 radical (unpaired) electrons. The van der Waals surface area contributed by atoms with E-state index in [0.29, 0.717) is 0 Å². The minimum Gasteiger partial charge on any atom is -0.398 e. The number of nitrogens with two attached hydrogens (primary N) is 2. The molecule has 4 rings (SSSR count). The number of nitrogen functional groups attached to an aromatic ring is 2. The van der Waals surface area contributed by atoms with Gasteiger partial charge in [0.05, 0.1) is 0 Å². The molecule has 0 saturated carbocycles. The molecule has 128 valence electrons. The Morgan fingerprint density at radius 1 is 0.346 bits per heavy atom. The molecule has 0 aliphatic carbocycles. The molecule has 0 spiro atoms. The molecule has 4 aromatic carbocycles. The molecule has 0 aliphatic rings. The standard InChI is InChI=1S/2C12H11N/c2*13-12-9-5-4-8-11(12)10-6-2-1-3-7-10/h2*1-9H,13H2. The van der Waals surface area contributed by atoms with E-state index >= 15 is 0 Å². The topological polar surface area (TPSA) is 52.0 Å². The van der Waals surface area contributed by atoms with Gasteiger partial charge in [-0.2, -0.15) is 0 Å². The van der Waals surface area contributed by atoms with Crippen molar-refractivity contribution < 1.29 is 0 Å². The fraction of sp³-hybridized carbons (Fsp3) is 0. The zero-order valence-corrected chi connectivity index (χ0v) is 14.5. The zero-order valence-electron chi connectivity index (χ0n) is 14.5. The Labute approximate surface area is 154 Å². The second-order valence-electron chi connectivity index (χ2n) is 5.91. The highest BCUT2D eigenvalue weighted by Crippen LogP contribution is 2.25. The van der Waals surface area contributed by atoms with Crippen molar-refractivity contribution in [2.24, 2.45) is 0 Å². The predicted octanol–water partition coefficient (Wildman–Crippen LogP) is 5.87. The summed E-state index contributed by atoms with van der Waals surface area (Å²) in [5.74, 6) is 0. The molecule has 0 bridgehead atoms. The number of hydrogen-bond acceptors (Lipinski definition) is 2. The van der Waals surface area contributed by atoms with Crippen LogP contribution in [0.1, 0.15) is 0 Å². The Balaban J connectivity index is 0.000000151. The van der Waals surface area contributed by atoms with Crippen molar-refractivity contribution in [3.8, 4) is 22.3 Å². The number of anilines is 2. The average molecular weight is 338 g/mol. The van der Waals surface area contributed by atoms with Crippen molar-refractivity contribution in [2.45, 2.75) is 0 Å². The second kappa shape index (κ2) is 8.54. The number of para-hydroxylation sites is 2. The van der Waals surface area contributed by atoms with Crippen molar-refractivity contribution in [3.63, 3.8) is 0 Å². The van der Waals surface area contributed by atoms with Gasteiger partial charge < -0.3 is 11.5 Å². The molecule has 0 amide bonds. The van der Waals surface area contributed by atoms with Crippen molar-refractivity contribution in [2.75, 3.05) is 11.5 Å². The lowest BCUT2D eigenvalue weighted by atomic mass is 10.0. The van der Waals surface area contributed by atoms with Crippen LogP contribution in [-0.2, 0) is 0 Å². The van der Waals surface area contributed by atoms with Crippen LogP contribution in [0.4, 0.5) is 11.4 Å². The summed E-state index contributed by atoms with van der Waals surface area (Å²) in [4.78, 5) is 0. The van der Waals surface area contributed by atoms with E-state index in [1.807, 2.05) is 84.9 Å². The SMILES string of the molecule is Nc1ccccc1-c1ccccc1.Nc1ccccc1-c1ccccc1. The lowest BCUT2D eigenvalue weighted by molar-refractivity contribution is 1.61. The summed E-state index contributed by atoms with van der Waals surface area (Å²) in [5.41, 5.74) is 17.9. The van der Waals surface area contributed by atoms with Crippen LogP contribution in [0.3, 0.4) is 0 Å². The smallest absolute Gasteiger partial charge is 0.0393 e. The van der Waals surface area contributed by atoms with Gasteiger partial charge >= 0.3 is 0 Å². The maximum atomic E-state index is 5.85. The van der Waals surface area contributed by atoms with Crippen molar-refractivity contribution >= 4 is 11.4 Å². The molecular formula is C24H22N2. The van der Waals surface area contributed by atoms with Crippen LogP contribution in [0.2, 0.25) is 0 Å². The fourth-order valence-corrected chi connectivity index (χ4v) is 2.76. The van der Waals surface area contributed by atoms with E-state index in [-0.39, 0.29) is 0 Å². The van der Waals surface area contributed by atoms with E-state index < -0.39 is 0 Å². The Morgan fingerprint density at radius 2 is 0.654 bits per heavy atom. The minimum atomic E-state index is 0.828. The summed E-state index contributed by atoms with van der Waals surface area (Å²) in [6.07, 6.45) is 0. The molecule has 4 N–H and O–H groups in total. The average Bonchev–Trinajstić information content (AvgIpc) is 2.71. The summed E-state index contributed by atoms with van der Waals surface area (Å²) in [7, 11) is 0. The van der Waals surface area contributed by atoms with Crippen LogP contribution in [0, 0.1) is 0 Å². The Bertz CT molecular complexity index is 867. The lowest BCUT2D eigenvalue weighted by Crippen LogP contribution is -1.88. The van der Waals surface area contributed by atoms with Crippen molar-refractivity contribution in [1.82, 2.24) is 0 Å². The summed E-state index contributed by atoms with van der Waals surface area (Å²) >= 11 is 0. The molecule has 0 saturated heterocycles. The lowest BCUT2D eigenvalue weighted by Gasteiger charge is -2.03. The molecule has 26 heavy (non-hydrogen) atoms. The van der Waals surface area contributed by atoms with E-state index in [4.69, 9.17) is 11.5 Å². The van der Waals surface area contributed by atoms with Gasteiger partial charge in [0.1, 0.15) is 0 Å². The highest BCUT2D eigenvalue weighted by atomic mass is 14.6. The van der Waals surface area contributed by atoms with Crippen LogP contribution in [-0.4, -0.2) is 0 Å². The number of rotatable bonds is 2. The van der Waals surface area contributed by atoms with Gasteiger partial charge in [0, 0.05) is 22.5 Å². The zero-order chi connectivity index (χ0) is 18.2. The van der Waals surface area contributed by atoms with Crippen LogP contribution >= 0.6 is 0 Å². The molecule has 2 nitrogen and oxygen atoms in total. The molecule has 0 fully saturated rings. The quantitative estimate of drug-likeness (QED) is 0.449. The summed E-state index contributed by atoms with van der Waals surface area (Å²) in [6, 6.07) is 36.1. The summed E-state index contributed by atoms with van der Waals surface area (Å²) < 4.78 is 0. The van der Waals surface area contributed by atoms with Gasteiger partial charge in [-0.1, -0.05) is 97.1 Å². The largest absolute Gasteiger partial charge is 0.398 e. The van der Waals surface area contributed by atoms with Crippen molar-refractivity contribution in [3.05, 3.63) is 109 Å². The third-order valence-corrected chi connectivity index (χ3v) is 4.09. The van der Waals surface area contributed by atoms with E-state index in [0.717, 1.165) is 22.5 Å². The molecule has 0 unspecified atom stereocenters. The maximum absolute atomic E-state index is 5.85. The van der Waals surface area contributed by atoms with Crippen LogP contribution in [0.15, 0.2) is 109 Å². The third-order valence-electron chi connectivity index (χ3n) is 4.09. The van der Waals surface area contributed by atoms with Crippen molar-refractivity contribution in [1.29, 1.82) is 0 Å². The fourth-order valence-electron chi connectivity index (χ4n) is 2.76. The van der Waals surface area contributed by atoms with Gasteiger partial charge in [0.25, 0.3) is 0 Å². The first-order chi connectivity index (χ1) is 12.8. The maximum Gasteiger partial charge on any atom is 0.0393 e. The Hall–Kier alpha value is -3.52. The minimum absolute atomic E-state index is 0.828. The summed E-state index contributed by atoms with van der Waals surface area (Å²) in [5, 5.41) is 0. The van der Waals surface area contributed by atoms with E-state index in [2.05, 4.69) is 24.3 Å². The monoisotopic (exact) mass is 338 g/mol. The van der Waals surface area contributed by atoms with Gasteiger partial charge in [-0.3, -0.25) is 0 Å². The van der Waals surface area contributed by atoms with Crippen LogP contribution in [0.5, 0.6) is 0 Å². The molecule has 0 atom stereocenters. The van der Waals surface area contributed by atoms with Gasteiger partial charge in [0.15, 0.2) is 0 Å². The third kappa shape index (κ3) is 4.31. The Kier molecular flexibility index (Phi) is 5.69.